The van der Waals surface area contributed by atoms with Crippen LogP contribution in [0, 0.1) is 0 Å². The number of benzene rings is 2. The molecule has 0 atom stereocenters. The molecule has 126 valence electrons. The van der Waals surface area contributed by atoms with Crippen LogP contribution in [0.15, 0.2) is 58.6 Å². The number of rotatable bonds is 4. The zero-order valence-electron chi connectivity index (χ0n) is 12.9. The van der Waals surface area contributed by atoms with Gasteiger partial charge in [-0.05, 0) is 29.8 Å². The summed E-state index contributed by atoms with van der Waals surface area (Å²) < 4.78 is 6.58. The highest BCUT2D eigenvalue weighted by molar-refractivity contribution is 9.10. The van der Waals surface area contributed by atoms with Gasteiger partial charge in [-0.25, -0.2) is 4.79 Å². The number of hydrogen-bond donors (Lipinski definition) is 2. The summed E-state index contributed by atoms with van der Waals surface area (Å²) in [5.74, 6) is -0.984. The second-order valence-electron chi connectivity index (χ2n) is 5.25. The van der Waals surface area contributed by atoms with Crippen LogP contribution >= 0.6 is 15.9 Å². The van der Waals surface area contributed by atoms with Crippen molar-refractivity contribution >= 4 is 39.9 Å². The van der Waals surface area contributed by atoms with Gasteiger partial charge in [-0.1, -0.05) is 46.3 Å². The van der Waals surface area contributed by atoms with Crippen molar-refractivity contribution in [3.8, 4) is 5.75 Å². The van der Waals surface area contributed by atoms with Crippen LogP contribution in [-0.4, -0.2) is 17.8 Å². The zero-order chi connectivity index (χ0) is 17.8. The molecule has 0 aromatic heterocycles. The molecule has 6 nitrogen and oxygen atoms in total. The molecule has 0 saturated carbocycles. The molecule has 2 N–H and O–H groups in total. The molecule has 2 aromatic rings. The van der Waals surface area contributed by atoms with Crippen LogP contribution in [0.5, 0.6) is 5.75 Å². The lowest BCUT2D eigenvalue weighted by atomic mass is 10.1. The van der Waals surface area contributed by atoms with Crippen molar-refractivity contribution in [1.29, 1.82) is 0 Å². The van der Waals surface area contributed by atoms with Crippen LogP contribution in [0.4, 0.5) is 4.79 Å². The molecular weight excluding hydrogens is 388 g/mol. The van der Waals surface area contributed by atoms with Gasteiger partial charge in [0.2, 0.25) is 0 Å². The van der Waals surface area contributed by atoms with Gasteiger partial charge in [-0.2, -0.15) is 0 Å². The van der Waals surface area contributed by atoms with Crippen molar-refractivity contribution in [3.63, 3.8) is 0 Å². The van der Waals surface area contributed by atoms with Gasteiger partial charge in [0.25, 0.3) is 11.8 Å². The highest BCUT2D eigenvalue weighted by Crippen LogP contribution is 2.27. The monoisotopic (exact) mass is 400 g/mol. The standard InChI is InChI=1S/C18H13BrN2O4/c19-13-6-7-15(25-10-11-4-2-1-3-5-11)12(8-13)9-14-16(22)20-18(24)21-17(14)23/h1-9H,10H2,(H2,20,21,22,23,24). The quantitative estimate of drug-likeness (QED) is 0.610. The van der Waals surface area contributed by atoms with Crippen molar-refractivity contribution in [2.45, 2.75) is 6.61 Å². The average molecular weight is 401 g/mol. The lowest BCUT2D eigenvalue weighted by Crippen LogP contribution is -2.51. The fourth-order valence-electron chi connectivity index (χ4n) is 2.26. The van der Waals surface area contributed by atoms with E-state index in [0.29, 0.717) is 17.9 Å². The normalized spacial score (nSPS) is 14.0. The molecule has 0 radical (unpaired) electrons. The number of imide groups is 2. The second-order valence-corrected chi connectivity index (χ2v) is 6.17. The number of carbonyl (C=O) groups excluding carboxylic acids is 3. The van der Waals surface area contributed by atoms with E-state index in [2.05, 4.69) is 15.9 Å². The van der Waals surface area contributed by atoms with Crippen molar-refractivity contribution in [2.24, 2.45) is 0 Å². The van der Waals surface area contributed by atoms with Crippen molar-refractivity contribution in [3.05, 3.63) is 69.7 Å². The molecule has 1 aliphatic heterocycles. The molecule has 1 saturated heterocycles. The maximum atomic E-state index is 11.9. The van der Waals surface area contributed by atoms with Crippen LogP contribution in [0.1, 0.15) is 11.1 Å². The van der Waals surface area contributed by atoms with Gasteiger partial charge in [0, 0.05) is 10.0 Å². The maximum absolute atomic E-state index is 11.9. The van der Waals surface area contributed by atoms with Crippen molar-refractivity contribution in [1.82, 2.24) is 10.6 Å². The molecule has 2 aromatic carbocycles. The summed E-state index contributed by atoms with van der Waals surface area (Å²) in [6.07, 6.45) is 1.39. The number of urea groups is 1. The Morgan fingerprint density at radius 3 is 2.32 bits per heavy atom. The van der Waals surface area contributed by atoms with E-state index in [1.54, 1.807) is 18.2 Å². The Morgan fingerprint density at radius 2 is 1.64 bits per heavy atom. The molecule has 1 heterocycles. The highest BCUT2D eigenvalue weighted by Gasteiger charge is 2.28. The first kappa shape index (κ1) is 16.9. The minimum Gasteiger partial charge on any atom is -0.488 e. The first-order chi connectivity index (χ1) is 12.0. The summed E-state index contributed by atoms with van der Waals surface area (Å²) in [5, 5.41) is 4.08. The Balaban J connectivity index is 1.89. The van der Waals surface area contributed by atoms with Gasteiger partial charge >= 0.3 is 6.03 Å². The molecule has 0 unspecified atom stereocenters. The van der Waals surface area contributed by atoms with E-state index in [4.69, 9.17) is 4.74 Å². The minimum absolute atomic E-state index is 0.165. The van der Waals surface area contributed by atoms with Crippen LogP contribution < -0.4 is 15.4 Å². The Bertz CT molecular complexity index is 856. The third-order valence-corrected chi connectivity index (χ3v) is 3.95. The predicted molar refractivity (Wildman–Crippen MR) is 94.6 cm³/mol. The number of carbonyl (C=O) groups is 3. The second kappa shape index (κ2) is 7.31. The van der Waals surface area contributed by atoms with Gasteiger partial charge < -0.3 is 4.74 Å². The molecule has 7 heteroatoms. The average Bonchev–Trinajstić information content (AvgIpc) is 2.58. The zero-order valence-corrected chi connectivity index (χ0v) is 14.5. The summed E-state index contributed by atoms with van der Waals surface area (Å²) in [4.78, 5) is 34.9. The van der Waals surface area contributed by atoms with Crippen LogP contribution in [0.25, 0.3) is 6.08 Å². The van der Waals surface area contributed by atoms with Gasteiger partial charge in [0.05, 0.1) is 0 Å². The minimum atomic E-state index is -0.832. The van der Waals surface area contributed by atoms with Gasteiger partial charge in [0.15, 0.2) is 0 Å². The largest absolute Gasteiger partial charge is 0.488 e. The van der Waals surface area contributed by atoms with E-state index in [1.165, 1.54) is 6.08 Å². The van der Waals surface area contributed by atoms with Crippen LogP contribution in [-0.2, 0) is 16.2 Å². The van der Waals surface area contributed by atoms with Crippen molar-refractivity contribution in [2.75, 3.05) is 0 Å². The number of nitrogens with one attached hydrogen (secondary N) is 2. The smallest absolute Gasteiger partial charge is 0.328 e. The summed E-state index contributed by atoms with van der Waals surface area (Å²) in [6.45, 7) is 0.343. The van der Waals surface area contributed by atoms with Gasteiger partial charge in [-0.3, -0.25) is 20.2 Å². The lowest BCUT2D eigenvalue weighted by molar-refractivity contribution is -0.123. The summed E-state index contributed by atoms with van der Waals surface area (Å²) in [5.41, 5.74) is 1.37. The first-order valence-corrected chi connectivity index (χ1v) is 8.17. The molecule has 0 bridgehead atoms. The molecule has 0 aliphatic carbocycles. The number of amides is 4. The summed E-state index contributed by atoms with van der Waals surface area (Å²) in [6, 6.07) is 14.0. The molecule has 1 fully saturated rings. The molecule has 0 spiro atoms. The molecular formula is C18H13BrN2O4. The van der Waals surface area contributed by atoms with Crippen LogP contribution in [0.2, 0.25) is 0 Å². The van der Waals surface area contributed by atoms with Gasteiger partial charge in [0.1, 0.15) is 17.9 Å². The fraction of sp³-hybridized carbons (Fsp3) is 0.0556. The number of hydrogen-bond acceptors (Lipinski definition) is 4. The Labute approximate surface area is 152 Å². The topological polar surface area (TPSA) is 84.5 Å². The first-order valence-electron chi connectivity index (χ1n) is 7.37. The Morgan fingerprint density at radius 1 is 0.960 bits per heavy atom. The molecule has 4 amide bonds. The summed E-state index contributed by atoms with van der Waals surface area (Å²) in [7, 11) is 0. The number of barbiturate groups is 1. The van der Waals surface area contributed by atoms with Crippen LogP contribution in [0.3, 0.4) is 0 Å². The van der Waals surface area contributed by atoms with E-state index in [0.717, 1.165) is 10.0 Å². The molecule has 1 aliphatic rings. The number of ether oxygens (including phenoxy) is 1. The van der Waals surface area contributed by atoms with E-state index >= 15 is 0 Å². The third kappa shape index (κ3) is 4.13. The number of halogens is 1. The predicted octanol–water partition coefficient (Wildman–Crippen LogP) is 2.78. The van der Waals surface area contributed by atoms with E-state index in [1.807, 2.05) is 41.0 Å². The Hall–Kier alpha value is -2.93. The van der Waals surface area contributed by atoms with E-state index in [9.17, 15) is 14.4 Å². The lowest BCUT2D eigenvalue weighted by Gasteiger charge is -2.15. The third-order valence-electron chi connectivity index (χ3n) is 3.45. The molecule has 3 rings (SSSR count). The maximum Gasteiger partial charge on any atom is 0.328 e. The highest BCUT2D eigenvalue weighted by atomic mass is 79.9. The van der Waals surface area contributed by atoms with E-state index < -0.39 is 17.8 Å². The van der Waals surface area contributed by atoms with Crippen molar-refractivity contribution < 1.29 is 19.1 Å². The summed E-state index contributed by atoms with van der Waals surface area (Å²) >= 11 is 3.36. The van der Waals surface area contributed by atoms with Gasteiger partial charge in [-0.15, -0.1) is 0 Å². The Kier molecular flexibility index (Phi) is 4.95. The fourth-order valence-corrected chi connectivity index (χ4v) is 2.64. The molecule has 25 heavy (non-hydrogen) atoms. The van der Waals surface area contributed by atoms with E-state index in [-0.39, 0.29) is 5.57 Å². The SMILES string of the molecule is O=C1NC(=O)C(=Cc2cc(Br)ccc2OCc2ccccc2)C(=O)N1.